The highest BCUT2D eigenvalue weighted by atomic mass is 19.4. The number of aromatic amines is 1. The molecule has 0 saturated heterocycles. The van der Waals surface area contributed by atoms with E-state index in [9.17, 15) is 18.0 Å². The minimum absolute atomic E-state index is 0.0105. The molecule has 1 amide bonds. The van der Waals surface area contributed by atoms with Gasteiger partial charge in [-0.15, -0.1) is 0 Å². The molecule has 31 heavy (non-hydrogen) atoms. The van der Waals surface area contributed by atoms with Crippen molar-refractivity contribution >= 4 is 22.6 Å². The van der Waals surface area contributed by atoms with Crippen LogP contribution in [-0.4, -0.2) is 33.2 Å². The average Bonchev–Trinajstić information content (AvgIpc) is 3.23. The van der Waals surface area contributed by atoms with Gasteiger partial charge in [-0.1, -0.05) is 0 Å². The minimum Gasteiger partial charge on any atom is -0.382 e. The number of nitrogens with one attached hydrogen (secondary N) is 3. The van der Waals surface area contributed by atoms with Gasteiger partial charge in [-0.2, -0.15) is 23.5 Å². The van der Waals surface area contributed by atoms with Crippen LogP contribution in [-0.2, 0) is 6.18 Å². The quantitative estimate of drug-likeness (QED) is 0.582. The highest BCUT2D eigenvalue weighted by Crippen LogP contribution is 2.34. The molecule has 1 fully saturated rings. The van der Waals surface area contributed by atoms with Crippen LogP contribution < -0.4 is 10.6 Å². The Bertz CT molecular complexity index is 1140. The van der Waals surface area contributed by atoms with Crippen LogP contribution in [0.25, 0.3) is 11.0 Å². The number of alkyl halides is 3. The zero-order chi connectivity index (χ0) is 22.0. The van der Waals surface area contributed by atoms with Crippen molar-refractivity contribution in [1.29, 1.82) is 5.26 Å². The van der Waals surface area contributed by atoms with Crippen LogP contribution in [0, 0.1) is 11.3 Å². The largest absolute Gasteiger partial charge is 0.417 e. The number of pyridine rings is 1. The first-order valence-electron chi connectivity index (χ1n) is 9.82. The number of rotatable bonds is 4. The molecule has 1 aromatic carbocycles. The summed E-state index contributed by atoms with van der Waals surface area (Å²) in [5.41, 5.74) is 0.0339. The van der Waals surface area contributed by atoms with E-state index in [-0.39, 0.29) is 18.0 Å². The Labute approximate surface area is 175 Å². The maximum atomic E-state index is 13.2. The van der Waals surface area contributed by atoms with Crippen LogP contribution in [0.4, 0.5) is 18.9 Å². The summed E-state index contributed by atoms with van der Waals surface area (Å²) in [4.78, 5) is 16.8. The number of H-pyrrole nitrogens is 1. The van der Waals surface area contributed by atoms with Crippen LogP contribution in [0.1, 0.15) is 47.2 Å². The van der Waals surface area contributed by atoms with Crippen LogP contribution in [0.15, 0.2) is 36.7 Å². The van der Waals surface area contributed by atoms with Crippen LogP contribution in [0.2, 0.25) is 0 Å². The van der Waals surface area contributed by atoms with E-state index in [0.717, 1.165) is 6.07 Å². The number of hydrogen-bond donors (Lipinski definition) is 3. The van der Waals surface area contributed by atoms with Gasteiger partial charge in [0.15, 0.2) is 5.65 Å². The highest BCUT2D eigenvalue weighted by molar-refractivity contribution is 6.05. The number of nitriles is 1. The molecule has 0 spiro atoms. The Morgan fingerprint density at radius 3 is 2.61 bits per heavy atom. The summed E-state index contributed by atoms with van der Waals surface area (Å²) in [6.07, 6.45) is 1.32. The van der Waals surface area contributed by atoms with Crippen LogP contribution in [0.5, 0.6) is 0 Å². The second kappa shape index (κ2) is 8.26. The standard InChI is InChI=1S/C21H19F3N6O/c22-21(23,24)18-9-15(2-1-12(18)10-25)28-13-3-5-14(6-4-13)29-20(31)16-7-8-26-19-17(16)11-27-30-19/h1-2,7-9,11,13-14,28H,3-6H2,(H,29,31)(H,26,27,30). The van der Waals surface area contributed by atoms with E-state index in [1.165, 1.54) is 12.1 Å². The van der Waals surface area contributed by atoms with Gasteiger partial charge in [-0.25, -0.2) is 4.98 Å². The van der Waals surface area contributed by atoms with E-state index in [1.54, 1.807) is 24.5 Å². The van der Waals surface area contributed by atoms with Gasteiger partial charge < -0.3 is 10.6 Å². The maximum Gasteiger partial charge on any atom is 0.417 e. The fraction of sp³-hybridized carbons (Fsp3) is 0.333. The third-order valence-corrected chi connectivity index (χ3v) is 5.48. The van der Waals surface area contributed by atoms with E-state index in [4.69, 9.17) is 5.26 Å². The molecule has 160 valence electrons. The van der Waals surface area contributed by atoms with Crippen molar-refractivity contribution in [2.45, 2.75) is 43.9 Å². The molecule has 1 aliphatic rings. The van der Waals surface area contributed by atoms with Gasteiger partial charge in [-0.3, -0.25) is 9.89 Å². The number of carbonyl (C=O) groups excluding carboxylic acids is 1. The minimum atomic E-state index is -4.59. The lowest BCUT2D eigenvalue weighted by Crippen LogP contribution is -2.40. The topological polar surface area (TPSA) is 106 Å². The van der Waals surface area contributed by atoms with Gasteiger partial charge in [0.25, 0.3) is 5.91 Å². The lowest BCUT2D eigenvalue weighted by atomic mass is 9.90. The second-order valence-corrected chi connectivity index (χ2v) is 7.53. The molecule has 3 N–H and O–H groups in total. The molecule has 1 saturated carbocycles. The summed E-state index contributed by atoms with van der Waals surface area (Å²) in [6.45, 7) is 0. The SMILES string of the molecule is N#Cc1ccc(NC2CCC(NC(=O)c3ccnc4[nH]ncc34)CC2)cc1C(F)(F)F. The van der Waals surface area contributed by atoms with E-state index < -0.39 is 17.3 Å². The van der Waals surface area contributed by atoms with Gasteiger partial charge in [0.2, 0.25) is 0 Å². The monoisotopic (exact) mass is 428 g/mol. The Hall–Kier alpha value is -3.61. The lowest BCUT2D eigenvalue weighted by Gasteiger charge is -2.30. The molecule has 3 aromatic rings. The molecule has 4 rings (SSSR count). The molecule has 10 heteroatoms. The maximum absolute atomic E-state index is 13.2. The first kappa shape index (κ1) is 20.7. The number of nitrogens with zero attached hydrogens (tertiary/aromatic N) is 3. The first-order chi connectivity index (χ1) is 14.8. The smallest absolute Gasteiger partial charge is 0.382 e. The summed E-state index contributed by atoms with van der Waals surface area (Å²) in [5.74, 6) is -0.202. The molecule has 0 atom stereocenters. The van der Waals surface area contributed by atoms with E-state index >= 15 is 0 Å². The first-order valence-corrected chi connectivity index (χ1v) is 9.82. The van der Waals surface area contributed by atoms with Gasteiger partial charge in [0.1, 0.15) is 0 Å². The molecule has 2 aromatic heterocycles. The second-order valence-electron chi connectivity index (χ2n) is 7.53. The lowest BCUT2D eigenvalue weighted by molar-refractivity contribution is -0.137. The van der Waals surface area contributed by atoms with Crippen molar-refractivity contribution in [3.05, 3.63) is 53.3 Å². The van der Waals surface area contributed by atoms with E-state index in [1.807, 2.05) is 0 Å². The molecule has 2 heterocycles. The normalized spacial score (nSPS) is 19.0. The van der Waals surface area contributed by atoms with Crippen molar-refractivity contribution in [2.24, 2.45) is 0 Å². The molecule has 1 aliphatic carbocycles. The van der Waals surface area contributed by atoms with Crippen LogP contribution in [0.3, 0.4) is 0 Å². The van der Waals surface area contributed by atoms with Gasteiger partial charge >= 0.3 is 6.18 Å². The van der Waals surface area contributed by atoms with Crippen molar-refractivity contribution in [1.82, 2.24) is 20.5 Å². The number of halogens is 3. The molecular formula is C21H19F3N6O. The predicted octanol–water partition coefficient (Wildman–Crippen LogP) is 4.00. The third kappa shape index (κ3) is 4.45. The van der Waals surface area contributed by atoms with Gasteiger partial charge in [0, 0.05) is 24.0 Å². The number of anilines is 1. The summed E-state index contributed by atoms with van der Waals surface area (Å²) in [5, 5.41) is 22.4. The molecule has 0 bridgehead atoms. The van der Waals surface area contributed by atoms with Crippen molar-refractivity contribution < 1.29 is 18.0 Å². The fourth-order valence-electron chi connectivity index (χ4n) is 3.90. The number of hydrogen-bond acceptors (Lipinski definition) is 5. The predicted molar refractivity (Wildman–Crippen MR) is 107 cm³/mol. The van der Waals surface area contributed by atoms with Crippen molar-refractivity contribution in [3.8, 4) is 6.07 Å². The number of benzene rings is 1. The molecule has 0 unspecified atom stereocenters. The Morgan fingerprint density at radius 2 is 1.90 bits per heavy atom. The third-order valence-electron chi connectivity index (χ3n) is 5.48. The van der Waals surface area contributed by atoms with Crippen molar-refractivity contribution in [3.63, 3.8) is 0 Å². The van der Waals surface area contributed by atoms with E-state index in [2.05, 4.69) is 25.8 Å². The Balaban J connectivity index is 1.36. The van der Waals surface area contributed by atoms with Crippen LogP contribution >= 0.6 is 0 Å². The Morgan fingerprint density at radius 1 is 1.16 bits per heavy atom. The Kier molecular flexibility index (Phi) is 5.50. The summed E-state index contributed by atoms with van der Waals surface area (Å²) >= 11 is 0. The average molecular weight is 428 g/mol. The highest BCUT2D eigenvalue weighted by Gasteiger charge is 2.34. The molecule has 0 radical (unpaired) electrons. The summed E-state index contributed by atoms with van der Waals surface area (Å²) in [7, 11) is 0. The number of amides is 1. The van der Waals surface area contributed by atoms with Gasteiger partial charge in [0.05, 0.1) is 34.3 Å². The number of fused-ring (bicyclic) bond motifs is 1. The zero-order valence-corrected chi connectivity index (χ0v) is 16.3. The number of carbonyl (C=O) groups is 1. The van der Waals surface area contributed by atoms with Gasteiger partial charge in [-0.05, 0) is 49.9 Å². The fourth-order valence-corrected chi connectivity index (χ4v) is 3.90. The van der Waals surface area contributed by atoms with E-state index in [0.29, 0.717) is 48.0 Å². The number of aromatic nitrogens is 3. The summed E-state index contributed by atoms with van der Waals surface area (Å²) in [6, 6.07) is 6.84. The summed E-state index contributed by atoms with van der Waals surface area (Å²) < 4.78 is 39.5. The molecule has 7 nitrogen and oxygen atoms in total. The molecule has 0 aliphatic heterocycles. The zero-order valence-electron chi connectivity index (χ0n) is 16.3. The molecular weight excluding hydrogens is 409 g/mol. The van der Waals surface area contributed by atoms with Crippen molar-refractivity contribution in [2.75, 3.05) is 5.32 Å².